The summed E-state index contributed by atoms with van der Waals surface area (Å²) in [6, 6.07) is 13.3. The highest BCUT2D eigenvalue weighted by atomic mass is 79.9. The molecule has 0 heterocycles. The number of aliphatic hydroxyl groups excluding tert-OH is 1. The summed E-state index contributed by atoms with van der Waals surface area (Å²) in [5.74, 6) is 0.597. The lowest BCUT2D eigenvalue weighted by Crippen LogP contribution is -2.03. The van der Waals surface area contributed by atoms with Crippen LogP contribution in [-0.2, 0) is 17.8 Å². The van der Waals surface area contributed by atoms with Crippen molar-refractivity contribution in [3.8, 4) is 5.75 Å². The summed E-state index contributed by atoms with van der Waals surface area (Å²) in [5.41, 5.74) is 2.56. The van der Waals surface area contributed by atoms with E-state index in [1.54, 1.807) is 12.1 Å². The van der Waals surface area contributed by atoms with Crippen molar-refractivity contribution >= 4 is 28.0 Å². The number of rotatable bonds is 7. The quantitative estimate of drug-likeness (QED) is 0.755. The Hall–Kier alpha value is -1.85. The van der Waals surface area contributed by atoms with Gasteiger partial charge in [0.05, 0.1) is 5.69 Å². The predicted octanol–water partition coefficient (Wildman–Crippen LogP) is 3.13. The fourth-order valence-electron chi connectivity index (χ4n) is 1.93. The second kappa shape index (κ2) is 7.81. The molecule has 1 amide bonds. The summed E-state index contributed by atoms with van der Waals surface area (Å²) in [7, 11) is 0. The highest BCUT2D eigenvalue weighted by Crippen LogP contribution is 2.27. The van der Waals surface area contributed by atoms with Gasteiger partial charge in [-0.05, 0) is 30.2 Å². The lowest BCUT2D eigenvalue weighted by Gasteiger charge is -2.13. The van der Waals surface area contributed by atoms with Gasteiger partial charge in [-0.1, -0.05) is 40.2 Å². The van der Waals surface area contributed by atoms with Crippen LogP contribution in [0.2, 0.25) is 0 Å². The number of halogens is 1. The van der Waals surface area contributed by atoms with Crippen LogP contribution < -0.4 is 10.1 Å². The largest absolute Gasteiger partial charge is 0.487 e. The van der Waals surface area contributed by atoms with E-state index in [-0.39, 0.29) is 6.61 Å². The zero-order chi connectivity index (χ0) is 15.1. The highest BCUT2D eigenvalue weighted by molar-refractivity contribution is 9.10. The molecule has 110 valence electrons. The Kier molecular flexibility index (Phi) is 5.78. The molecule has 2 rings (SSSR count). The van der Waals surface area contributed by atoms with E-state index in [1.807, 2.05) is 30.3 Å². The molecule has 0 aliphatic carbocycles. The van der Waals surface area contributed by atoms with Gasteiger partial charge < -0.3 is 15.2 Å². The molecule has 0 fully saturated rings. The van der Waals surface area contributed by atoms with Gasteiger partial charge in [-0.15, -0.1) is 0 Å². The number of carbonyl (C=O) groups excluding carboxylic acids is 1. The lowest BCUT2D eigenvalue weighted by atomic mass is 10.1. The number of nitrogens with one attached hydrogen (secondary N) is 1. The number of amides is 1. The summed E-state index contributed by atoms with van der Waals surface area (Å²) in [5, 5.41) is 11.6. The molecule has 0 saturated heterocycles. The van der Waals surface area contributed by atoms with Crippen LogP contribution in [0.1, 0.15) is 11.1 Å². The molecule has 2 aromatic rings. The Morgan fingerprint density at radius 2 is 2.05 bits per heavy atom. The Morgan fingerprint density at radius 1 is 1.24 bits per heavy atom. The van der Waals surface area contributed by atoms with E-state index in [0.29, 0.717) is 30.9 Å². The molecule has 0 bridgehead atoms. The van der Waals surface area contributed by atoms with Crippen LogP contribution >= 0.6 is 15.9 Å². The first-order valence-electron chi connectivity index (χ1n) is 6.54. The van der Waals surface area contributed by atoms with Crippen molar-refractivity contribution in [2.75, 3.05) is 11.9 Å². The number of hydrogen-bond donors (Lipinski definition) is 2. The first kappa shape index (κ1) is 15.5. The minimum atomic E-state index is 0.0672. The van der Waals surface area contributed by atoms with Crippen LogP contribution in [0.5, 0.6) is 5.75 Å². The van der Waals surface area contributed by atoms with Gasteiger partial charge in [-0.25, -0.2) is 0 Å². The number of ether oxygens (including phenoxy) is 1. The molecule has 0 saturated carbocycles. The maximum Gasteiger partial charge on any atom is 0.211 e. The molecule has 0 aromatic heterocycles. The van der Waals surface area contributed by atoms with Gasteiger partial charge in [-0.2, -0.15) is 0 Å². The average molecular weight is 350 g/mol. The minimum Gasteiger partial charge on any atom is -0.487 e. The van der Waals surface area contributed by atoms with Gasteiger partial charge in [-0.3, -0.25) is 4.79 Å². The van der Waals surface area contributed by atoms with E-state index in [9.17, 15) is 4.79 Å². The van der Waals surface area contributed by atoms with Crippen LogP contribution in [0.3, 0.4) is 0 Å². The lowest BCUT2D eigenvalue weighted by molar-refractivity contribution is -0.105. The van der Waals surface area contributed by atoms with E-state index in [2.05, 4.69) is 21.2 Å². The van der Waals surface area contributed by atoms with E-state index < -0.39 is 0 Å². The van der Waals surface area contributed by atoms with Crippen LogP contribution in [0.15, 0.2) is 46.9 Å². The number of hydrogen-bond acceptors (Lipinski definition) is 3. The molecule has 0 aliphatic rings. The molecular formula is C16H16BrNO3. The van der Waals surface area contributed by atoms with Gasteiger partial charge in [0.15, 0.2) is 0 Å². The van der Waals surface area contributed by atoms with Crippen LogP contribution in [0, 0.1) is 0 Å². The maximum atomic E-state index is 10.7. The van der Waals surface area contributed by atoms with Crippen molar-refractivity contribution in [3.05, 3.63) is 58.1 Å². The monoisotopic (exact) mass is 349 g/mol. The first-order chi connectivity index (χ1) is 10.2. The molecule has 0 aliphatic heterocycles. The molecule has 0 spiro atoms. The summed E-state index contributed by atoms with van der Waals surface area (Å²) in [6.07, 6.45) is 1.15. The molecule has 0 atom stereocenters. The van der Waals surface area contributed by atoms with E-state index >= 15 is 0 Å². The highest BCUT2D eigenvalue weighted by Gasteiger charge is 2.06. The Labute approximate surface area is 131 Å². The van der Waals surface area contributed by atoms with Crippen LogP contribution in [-0.4, -0.2) is 18.1 Å². The molecule has 0 radical (unpaired) electrons. The molecule has 4 nitrogen and oxygen atoms in total. The first-order valence-corrected chi connectivity index (χ1v) is 7.34. The van der Waals surface area contributed by atoms with Crippen LogP contribution in [0.25, 0.3) is 0 Å². The molecule has 2 aromatic carbocycles. The molecule has 0 unspecified atom stereocenters. The second-order valence-corrected chi connectivity index (χ2v) is 5.30. The summed E-state index contributed by atoms with van der Waals surface area (Å²) >= 11 is 3.47. The third-order valence-corrected chi connectivity index (χ3v) is 3.77. The minimum absolute atomic E-state index is 0.0672. The smallest absolute Gasteiger partial charge is 0.211 e. The van der Waals surface area contributed by atoms with Gasteiger partial charge >= 0.3 is 0 Å². The Balaban J connectivity index is 2.15. The molecule has 5 heteroatoms. The maximum absolute atomic E-state index is 10.7. The SMILES string of the molecule is O=CNc1cc(CCO)ccc1OCc1ccccc1Br. The third kappa shape index (κ3) is 4.31. The Morgan fingerprint density at radius 3 is 2.76 bits per heavy atom. The molecular weight excluding hydrogens is 334 g/mol. The van der Waals surface area contributed by atoms with Crippen molar-refractivity contribution < 1.29 is 14.6 Å². The molecule has 2 N–H and O–H groups in total. The number of aliphatic hydroxyl groups is 1. The zero-order valence-corrected chi connectivity index (χ0v) is 13.0. The van der Waals surface area contributed by atoms with Gasteiger partial charge in [0, 0.05) is 16.6 Å². The number of benzene rings is 2. The van der Waals surface area contributed by atoms with Gasteiger partial charge in [0.2, 0.25) is 6.41 Å². The average Bonchev–Trinajstić information content (AvgIpc) is 2.49. The summed E-state index contributed by atoms with van der Waals surface area (Å²) < 4.78 is 6.75. The van der Waals surface area contributed by atoms with Crippen molar-refractivity contribution in [2.24, 2.45) is 0 Å². The second-order valence-electron chi connectivity index (χ2n) is 4.45. The normalized spacial score (nSPS) is 10.2. The van der Waals surface area contributed by atoms with Crippen molar-refractivity contribution in [1.82, 2.24) is 0 Å². The molecule has 21 heavy (non-hydrogen) atoms. The van der Waals surface area contributed by atoms with E-state index in [1.165, 1.54) is 0 Å². The standard InChI is InChI=1S/C16H16BrNO3/c17-14-4-2-1-3-13(14)10-21-16-6-5-12(7-8-19)9-15(16)18-11-20/h1-6,9,11,19H,7-8,10H2,(H,18,20). The zero-order valence-electron chi connectivity index (χ0n) is 11.4. The third-order valence-electron chi connectivity index (χ3n) is 3.00. The van der Waals surface area contributed by atoms with Crippen molar-refractivity contribution in [2.45, 2.75) is 13.0 Å². The number of carbonyl (C=O) groups is 1. The van der Waals surface area contributed by atoms with Crippen molar-refractivity contribution in [3.63, 3.8) is 0 Å². The predicted molar refractivity (Wildman–Crippen MR) is 85.4 cm³/mol. The fourth-order valence-corrected chi connectivity index (χ4v) is 2.33. The van der Waals surface area contributed by atoms with E-state index in [0.717, 1.165) is 15.6 Å². The van der Waals surface area contributed by atoms with Gasteiger partial charge in [0.1, 0.15) is 12.4 Å². The van der Waals surface area contributed by atoms with Crippen molar-refractivity contribution in [1.29, 1.82) is 0 Å². The van der Waals surface area contributed by atoms with Gasteiger partial charge in [0.25, 0.3) is 0 Å². The fraction of sp³-hybridized carbons (Fsp3) is 0.188. The Bertz CT molecular complexity index is 616. The van der Waals surface area contributed by atoms with E-state index in [4.69, 9.17) is 9.84 Å². The topological polar surface area (TPSA) is 58.6 Å². The van der Waals surface area contributed by atoms with Crippen LogP contribution in [0.4, 0.5) is 5.69 Å². The number of anilines is 1. The summed E-state index contributed by atoms with van der Waals surface area (Å²) in [4.78, 5) is 10.7. The summed E-state index contributed by atoms with van der Waals surface area (Å²) in [6.45, 7) is 0.464.